The Hall–Kier alpha value is -1.06. The third-order valence-electron chi connectivity index (χ3n) is 3.00. The SMILES string of the molecule is NCC(NS(=O)(=O)c1cnn(CC(F)F)c1)C1CC1. The average Bonchev–Trinajstić information content (AvgIpc) is 3.06. The third kappa shape index (κ3) is 3.71. The summed E-state index contributed by atoms with van der Waals surface area (Å²) in [7, 11) is -3.75. The summed E-state index contributed by atoms with van der Waals surface area (Å²) in [5.74, 6) is 0.274. The molecule has 1 heterocycles. The van der Waals surface area contributed by atoms with Crippen molar-refractivity contribution in [1.29, 1.82) is 0 Å². The molecular weight excluding hydrogens is 278 g/mol. The van der Waals surface area contributed by atoms with Gasteiger partial charge < -0.3 is 5.73 Å². The maximum Gasteiger partial charge on any atom is 0.257 e. The van der Waals surface area contributed by atoms with Gasteiger partial charge in [0.2, 0.25) is 10.0 Å². The summed E-state index contributed by atoms with van der Waals surface area (Å²) in [6.45, 7) is -0.409. The van der Waals surface area contributed by atoms with Crippen molar-refractivity contribution in [3.8, 4) is 0 Å². The first-order valence-electron chi connectivity index (χ1n) is 5.95. The Kier molecular flexibility index (Phi) is 4.16. The highest BCUT2D eigenvalue weighted by molar-refractivity contribution is 7.89. The highest BCUT2D eigenvalue weighted by Crippen LogP contribution is 2.32. The standard InChI is InChI=1S/C10H16F2N4O2S/c11-10(12)6-16-5-8(4-14-16)19(17,18)15-9(3-13)7-1-2-7/h4-5,7,9-10,15H,1-3,6,13H2. The Morgan fingerprint density at radius 1 is 1.53 bits per heavy atom. The Labute approximate surface area is 110 Å². The molecule has 1 aromatic rings. The van der Waals surface area contributed by atoms with Gasteiger partial charge >= 0.3 is 0 Å². The van der Waals surface area contributed by atoms with Crippen molar-refractivity contribution in [2.45, 2.75) is 36.7 Å². The highest BCUT2D eigenvalue weighted by Gasteiger charge is 2.33. The molecule has 0 spiro atoms. The molecule has 3 N–H and O–H groups in total. The van der Waals surface area contributed by atoms with Gasteiger partial charge in [-0.2, -0.15) is 5.10 Å². The van der Waals surface area contributed by atoms with Crippen molar-refractivity contribution in [3.63, 3.8) is 0 Å². The summed E-state index contributed by atoms with van der Waals surface area (Å²) in [6.07, 6.45) is 1.48. The first kappa shape index (κ1) is 14.4. The maximum absolute atomic E-state index is 12.2. The van der Waals surface area contributed by atoms with E-state index in [1.54, 1.807) is 0 Å². The predicted octanol–water partition coefficient (Wildman–Crippen LogP) is 0.164. The molecule has 0 bridgehead atoms. The van der Waals surface area contributed by atoms with E-state index in [2.05, 4.69) is 9.82 Å². The Morgan fingerprint density at radius 3 is 2.74 bits per heavy atom. The van der Waals surface area contributed by atoms with Gasteiger partial charge in [0.05, 0.1) is 6.20 Å². The molecule has 19 heavy (non-hydrogen) atoms. The summed E-state index contributed by atoms with van der Waals surface area (Å²) in [4.78, 5) is -0.118. The van der Waals surface area contributed by atoms with E-state index < -0.39 is 23.0 Å². The van der Waals surface area contributed by atoms with Gasteiger partial charge in [-0.15, -0.1) is 0 Å². The molecule has 2 rings (SSSR count). The van der Waals surface area contributed by atoms with Crippen LogP contribution in [-0.2, 0) is 16.6 Å². The van der Waals surface area contributed by atoms with Gasteiger partial charge in [0.1, 0.15) is 11.4 Å². The van der Waals surface area contributed by atoms with Crippen molar-refractivity contribution >= 4 is 10.0 Å². The second-order valence-corrected chi connectivity index (χ2v) is 6.30. The number of aromatic nitrogens is 2. The lowest BCUT2D eigenvalue weighted by molar-refractivity contribution is 0.121. The molecule has 1 unspecified atom stereocenters. The van der Waals surface area contributed by atoms with E-state index in [1.807, 2.05) is 0 Å². The quantitative estimate of drug-likeness (QED) is 0.750. The van der Waals surface area contributed by atoms with Crippen LogP contribution in [0.15, 0.2) is 17.3 Å². The molecule has 1 aromatic heterocycles. The Balaban J connectivity index is 2.08. The molecule has 0 amide bonds. The van der Waals surface area contributed by atoms with Crippen LogP contribution in [0, 0.1) is 5.92 Å². The first-order valence-corrected chi connectivity index (χ1v) is 7.43. The van der Waals surface area contributed by atoms with Gasteiger partial charge in [0, 0.05) is 18.8 Å². The molecule has 0 saturated heterocycles. The lowest BCUT2D eigenvalue weighted by Crippen LogP contribution is -2.41. The van der Waals surface area contributed by atoms with E-state index in [1.165, 1.54) is 0 Å². The number of hydrogen-bond donors (Lipinski definition) is 2. The number of rotatable bonds is 7. The molecule has 1 aliphatic carbocycles. The minimum Gasteiger partial charge on any atom is -0.329 e. The van der Waals surface area contributed by atoms with Crippen molar-refractivity contribution in [1.82, 2.24) is 14.5 Å². The molecule has 0 aliphatic heterocycles. The molecule has 0 radical (unpaired) electrons. The number of nitrogens with two attached hydrogens (primary N) is 1. The van der Waals surface area contributed by atoms with Crippen LogP contribution in [0.1, 0.15) is 12.8 Å². The van der Waals surface area contributed by atoms with Crippen LogP contribution in [0.5, 0.6) is 0 Å². The van der Waals surface area contributed by atoms with E-state index in [-0.39, 0.29) is 23.4 Å². The molecule has 0 aromatic carbocycles. The van der Waals surface area contributed by atoms with E-state index in [9.17, 15) is 17.2 Å². The summed E-state index contributed by atoms with van der Waals surface area (Å²) in [5, 5.41) is 3.60. The van der Waals surface area contributed by atoms with Crippen LogP contribution in [0.4, 0.5) is 8.78 Å². The molecule has 1 aliphatic rings. The predicted molar refractivity (Wildman–Crippen MR) is 64.1 cm³/mol. The number of nitrogens with one attached hydrogen (secondary N) is 1. The zero-order valence-corrected chi connectivity index (χ0v) is 11.0. The largest absolute Gasteiger partial charge is 0.329 e. The fraction of sp³-hybridized carbons (Fsp3) is 0.700. The molecular formula is C10H16F2N4O2S. The fourth-order valence-corrected chi connectivity index (χ4v) is 3.10. The summed E-state index contributed by atoms with van der Waals surface area (Å²) in [5.41, 5.74) is 5.52. The molecule has 1 saturated carbocycles. The van der Waals surface area contributed by atoms with E-state index in [4.69, 9.17) is 5.73 Å². The number of sulfonamides is 1. The normalized spacial score (nSPS) is 17.9. The van der Waals surface area contributed by atoms with Crippen molar-refractivity contribution in [3.05, 3.63) is 12.4 Å². The van der Waals surface area contributed by atoms with Gasteiger partial charge in [-0.1, -0.05) is 0 Å². The molecule has 1 fully saturated rings. The Bertz CT molecular complexity index is 527. The van der Waals surface area contributed by atoms with Crippen LogP contribution in [0.2, 0.25) is 0 Å². The van der Waals surface area contributed by atoms with Crippen molar-refractivity contribution in [2.24, 2.45) is 11.7 Å². The fourth-order valence-electron chi connectivity index (χ4n) is 1.83. The third-order valence-corrected chi connectivity index (χ3v) is 4.44. The summed E-state index contributed by atoms with van der Waals surface area (Å²) in [6, 6.07) is -0.302. The van der Waals surface area contributed by atoms with Crippen molar-refractivity contribution in [2.75, 3.05) is 6.54 Å². The minimum absolute atomic E-state index is 0.118. The van der Waals surface area contributed by atoms with E-state index in [0.29, 0.717) is 0 Å². The summed E-state index contributed by atoms with van der Waals surface area (Å²) < 4.78 is 51.8. The highest BCUT2D eigenvalue weighted by atomic mass is 32.2. The van der Waals surface area contributed by atoms with Crippen LogP contribution in [0.25, 0.3) is 0 Å². The zero-order valence-electron chi connectivity index (χ0n) is 10.2. The zero-order chi connectivity index (χ0) is 14.0. The maximum atomic E-state index is 12.2. The smallest absolute Gasteiger partial charge is 0.257 e. The number of halogens is 2. The minimum atomic E-state index is -3.75. The molecule has 6 nitrogen and oxygen atoms in total. The topological polar surface area (TPSA) is 90.0 Å². The second kappa shape index (κ2) is 5.51. The molecule has 1 atom stereocenters. The van der Waals surface area contributed by atoms with Gasteiger partial charge in [-0.25, -0.2) is 21.9 Å². The monoisotopic (exact) mass is 294 g/mol. The van der Waals surface area contributed by atoms with Gasteiger partial charge in [0.15, 0.2) is 0 Å². The van der Waals surface area contributed by atoms with Crippen molar-refractivity contribution < 1.29 is 17.2 Å². The van der Waals surface area contributed by atoms with Gasteiger partial charge in [0.25, 0.3) is 6.43 Å². The Morgan fingerprint density at radius 2 is 2.21 bits per heavy atom. The number of nitrogens with zero attached hydrogens (tertiary/aromatic N) is 2. The molecule has 108 valence electrons. The van der Waals surface area contributed by atoms with Crippen LogP contribution < -0.4 is 10.5 Å². The molecule has 9 heteroatoms. The van der Waals surface area contributed by atoms with Crippen LogP contribution in [0.3, 0.4) is 0 Å². The van der Waals surface area contributed by atoms with Gasteiger partial charge in [-0.3, -0.25) is 4.68 Å². The summed E-state index contributed by atoms with van der Waals surface area (Å²) >= 11 is 0. The average molecular weight is 294 g/mol. The van der Waals surface area contributed by atoms with E-state index >= 15 is 0 Å². The number of alkyl halides is 2. The van der Waals surface area contributed by atoms with E-state index in [0.717, 1.165) is 29.9 Å². The lowest BCUT2D eigenvalue weighted by atomic mass is 10.2. The van der Waals surface area contributed by atoms with Crippen LogP contribution >= 0.6 is 0 Å². The second-order valence-electron chi connectivity index (χ2n) is 4.59. The number of hydrogen-bond acceptors (Lipinski definition) is 4. The van der Waals surface area contributed by atoms with Crippen LogP contribution in [-0.4, -0.2) is 37.2 Å². The first-order chi connectivity index (χ1) is 8.92. The van der Waals surface area contributed by atoms with Gasteiger partial charge in [-0.05, 0) is 18.8 Å². The lowest BCUT2D eigenvalue weighted by Gasteiger charge is -2.15.